The van der Waals surface area contributed by atoms with Gasteiger partial charge in [-0.1, -0.05) is 34.3 Å². The second-order valence-electron chi connectivity index (χ2n) is 20.8. The lowest BCUT2D eigenvalue weighted by atomic mass is 10.1. The number of halogens is 10. The Kier molecular flexibility index (Phi) is 28.2. The van der Waals surface area contributed by atoms with Gasteiger partial charge in [0.15, 0.2) is 10.3 Å². The molecule has 3 amide bonds. The van der Waals surface area contributed by atoms with Crippen LogP contribution < -0.4 is 63.8 Å². The van der Waals surface area contributed by atoms with E-state index in [0.717, 1.165) is 51.1 Å². The molecule has 0 aliphatic carbocycles. The summed E-state index contributed by atoms with van der Waals surface area (Å²) in [7, 11) is 0. The molecule has 6 aromatic heterocycles. The monoisotopic (exact) mass is 1370 g/mol. The number of nitrogens with one attached hydrogen (secondary N) is 6. The average Bonchev–Trinajstić information content (AvgIpc) is 1.89. The lowest BCUT2D eigenvalue weighted by Gasteiger charge is -2.22. The fraction of sp³-hybridized carbons (Fsp3) is 0.500. The van der Waals surface area contributed by atoms with Crippen molar-refractivity contribution in [2.24, 2.45) is 5.73 Å². The largest absolute Gasteiger partial charge is 0.471 e. The number of aromatic nitrogens is 10. The van der Waals surface area contributed by atoms with Crippen molar-refractivity contribution in [1.29, 1.82) is 10.5 Å². The Morgan fingerprint density at radius 3 is 1.31 bits per heavy atom. The Bertz CT molecular complexity index is 3400. The zero-order chi connectivity index (χ0) is 67.6. The smallest absolute Gasteiger partial charge is 0.384 e. The molecule has 4 fully saturated rings. The van der Waals surface area contributed by atoms with Crippen LogP contribution in [0, 0.1) is 22.7 Å². The summed E-state index contributed by atoms with van der Waals surface area (Å²) < 4.78 is 110. The molecule has 6 aromatic rings. The Balaban J connectivity index is 0.000000193. The van der Waals surface area contributed by atoms with Crippen molar-refractivity contribution in [2.45, 2.75) is 120 Å². The van der Waals surface area contributed by atoms with Gasteiger partial charge in [-0.25, -0.2) is 49.8 Å². The van der Waals surface area contributed by atoms with E-state index in [1.807, 2.05) is 32.6 Å². The highest BCUT2D eigenvalue weighted by atomic mass is 35.5. The minimum atomic E-state index is -4.87. The van der Waals surface area contributed by atoms with Gasteiger partial charge in [0.2, 0.25) is 0 Å². The number of thiazole rings is 2. The van der Waals surface area contributed by atoms with Crippen LogP contribution in [-0.4, -0.2) is 163 Å². The summed E-state index contributed by atoms with van der Waals surface area (Å²) in [4.78, 5) is 80.1. The number of carbonyl (C=O) groups is 3. The third-order valence-corrected chi connectivity index (χ3v) is 15.7. The molecule has 0 saturated carbocycles. The van der Waals surface area contributed by atoms with Gasteiger partial charge < -0.3 is 63.8 Å². The van der Waals surface area contributed by atoms with E-state index in [1.165, 1.54) is 53.9 Å². The highest BCUT2D eigenvalue weighted by Gasteiger charge is 2.42. The molecule has 0 aromatic carbocycles. The molecule has 502 valence electrons. The summed E-state index contributed by atoms with van der Waals surface area (Å²) in [6, 6.07) is 9.72. The number of nitrogens with zero attached hydrogens (tertiary/aromatic N) is 15. The topological polar surface area (TPSA) is 388 Å². The van der Waals surface area contributed by atoms with Crippen molar-refractivity contribution in [3.05, 3.63) is 76.9 Å². The highest BCUT2D eigenvalue weighted by Crippen LogP contribution is 2.28. The molecule has 4 aliphatic heterocycles. The normalized spacial score (nSPS) is 18.6. The summed E-state index contributed by atoms with van der Waals surface area (Å²) in [5, 5.41) is 34.5. The lowest BCUT2D eigenvalue weighted by molar-refractivity contribution is -0.174. The number of anilines is 9. The number of rotatable bonds is 10. The number of carbonyl (C=O) groups excluding carboxylic acids is 3. The van der Waals surface area contributed by atoms with E-state index in [-0.39, 0.29) is 12.1 Å². The number of alkyl halides is 9. The highest BCUT2D eigenvalue weighted by molar-refractivity contribution is 7.16. The van der Waals surface area contributed by atoms with E-state index in [2.05, 4.69) is 82.1 Å². The minimum Gasteiger partial charge on any atom is -0.384 e. The molecule has 10 heterocycles. The number of nitrogen functional groups attached to an aromatic ring is 2. The van der Waals surface area contributed by atoms with Gasteiger partial charge in [0, 0.05) is 87.7 Å². The van der Waals surface area contributed by atoms with Crippen LogP contribution in [0.25, 0.3) is 0 Å². The van der Waals surface area contributed by atoms with Crippen LogP contribution in [0.1, 0.15) is 86.8 Å². The molecule has 39 heteroatoms. The summed E-state index contributed by atoms with van der Waals surface area (Å²) in [5.41, 5.74) is 16.8. The van der Waals surface area contributed by atoms with Gasteiger partial charge in [-0.15, -0.1) is 0 Å². The Morgan fingerprint density at radius 1 is 0.505 bits per heavy atom. The Hall–Kier alpha value is -8.85. The number of hydrogen-bond donors (Lipinski definition) is 9. The van der Waals surface area contributed by atoms with Crippen molar-refractivity contribution in [1.82, 2.24) is 71.1 Å². The van der Waals surface area contributed by atoms with Crippen LogP contribution in [0.15, 0.2) is 62.0 Å². The maximum atomic E-state index is 12.4. The third-order valence-electron chi connectivity index (χ3n) is 13.9. The maximum absolute atomic E-state index is 12.4. The van der Waals surface area contributed by atoms with Crippen LogP contribution in [0.4, 0.5) is 90.5 Å². The number of nitriles is 2. The molecule has 0 bridgehead atoms. The number of amides is 3. The van der Waals surface area contributed by atoms with Crippen molar-refractivity contribution in [3.8, 4) is 12.1 Å². The first-order valence-electron chi connectivity index (χ1n) is 28.8. The first-order chi connectivity index (χ1) is 44.2. The zero-order valence-corrected chi connectivity index (χ0v) is 51.9. The van der Waals surface area contributed by atoms with Gasteiger partial charge in [-0.2, -0.15) is 50.0 Å². The molecule has 4 aliphatic rings. The Labute approximate surface area is 540 Å². The second-order valence-corrected chi connectivity index (χ2v) is 23.3. The molecule has 0 radical (unpaired) electrons. The number of nitrogens with two attached hydrogens (primary N) is 3. The molecule has 4 saturated heterocycles. The zero-order valence-electron chi connectivity index (χ0n) is 49.5. The predicted octanol–water partition coefficient (Wildman–Crippen LogP) is 7.07. The Morgan fingerprint density at radius 2 is 0.903 bits per heavy atom. The van der Waals surface area contributed by atoms with Gasteiger partial charge in [0.05, 0.1) is 12.4 Å². The summed E-state index contributed by atoms with van der Waals surface area (Å²) in [6.07, 6.45) is 2.22. The molecule has 10 rings (SSSR count). The van der Waals surface area contributed by atoms with Crippen molar-refractivity contribution in [2.75, 3.05) is 89.2 Å². The molecule has 27 nitrogen and oxygen atoms in total. The van der Waals surface area contributed by atoms with E-state index >= 15 is 0 Å². The van der Waals surface area contributed by atoms with Gasteiger partial charge in [0.1, 0.15) is 93.1 Å². The molecule has 12 N–H and O–H groups in total. The van der Waals surface area contributed by atoms with Gasteiger partial charge in [-0.3, -0.25) is 14.4 Å². The SMILES string of the molecule is N#Cc1cnc(Nc2cc(N3CCCC(N)CC3)ncn2)s1.N#Cc1cnc(Nc2cc(N3CCCC(NC(=O)C(F)(F)F)CC3)ncn2)s1.Nc1cc(Cl)ncn1.Nc1cc(N2CCCC(NC(=O)C(F)(F)F)CC2)ncn1.O=C(NC1CCCNCC1)C(F)(F)F. The fourth-order valence-electron chi connectivity index (χ4n) is 9.30. The molecular weight excluding hydrogens is 1300 g/mol. The molecule has 93 heavy (non-hydrogen) atoms. The van der Waals surface area contributed by atoms with Crippen LogP contribution in [-0.2, 0) is 14.4 Å². The lowest BCUT2D eigenvalue weighted by Crippen LogP contribution is -2.43. The number of hydrogen-bond acceptors (Lipinski definition) is 26. The van der Waals surface area contributed by atoms with Crippen molar-refractivity contribution >= 4 is 103 Å². The van der Waals surface area contributed by atoms with E-state index in [9.17, 15) is 53.9 Å². The first-order valence-corrected chi connectivity index (χ1v) is 30.8. The molecule has 4 atom stereocenters. The summed E-state index contributed by atoms with van der Waals surface area (Å²) in [6.45, 7) is 5.53. The van der Waals surface area contributed by atoms with Gasteiger partial charge >= 0.3 is 36.3 Å². The minimum absolute atomic E-state index is 0.282. The standard InChI is InChI=1S/C16H16F3N7OS.C14H17N7S.C12H16F3N5O.C8H13F3N2O.C4H4ClN3/c17-16(18,19)14(27)24-10-2-1-4-26(5-3-10)13-6-12(22-9-23-13)25-15-21-8-11(7-20)28-15;15-7-11-8-17-14(22-11)20-12-6-13(19-9-18-12)21-4-1-2-10(16)3-5-21;13-12(14,15)11(21)19-8-2-1-4-20(5-3-8)10-6-9(16)17-7-18-10;9-8(10,11)7(14)13-6-2-1-4-12-5-3-6;5-3-1-4(6)8-2-7-3/h6,8-10H,1-5H2,(H,24,27)(H,21,22,23,25);6,8-10H,1-5,16H2,(H,17,18,19,20);6-8H,1-5H2,(H,19,21)(H2,16,17,18);6,12H,1-5H2,(H,13,14);1-2H,(H2,6,7,8). The van der Waals surface area contributed by atoms with Crippen LogP contribution in [0.5, 0.6) is 0 Å². The summed E-state index contributed by atoms with van der Waals surface area (Å²) >= 11 is 7.90. The fourth-order valence-corrected chi connectivity index (χ4v) is 10.7. The van der Waals surface area contributed by atoms with Crippen LogP contribution >= 0.6 is 34.3 Å². The van der Waals surface area contributed by atoms with Crippen LogP contribution in [0.3, 0.4) is 0 Å². The molecule has 0 spiro atoms. The van der Waals surface area contributed by atoms with E-state index in [4.69, 9.17) is 39.3 Å². The van der Waals surface area contributed by atoms with Crippen molar-refractivity contribution < 1.29 is 53.9 Å². The maximum Gasteiger partial charge on any atom is 0.471 e. The van der Waals surface area contributed by atoms with Crippen molar-refractivity contribution in [3.63, 3.8) is 0 Å². The third kappa shape index (κ3) is 26.0. The van der Waals surface area contributed by atoms with Gasteiger partial charge in [0.25, 0.3) is 0 Å². The molecule has 4 unspecified atom stereocenters. The first kappa shape index (κ1) is 73.2. The second kappa shape index (κ2) is 35.8. The quantitative estimate of drug-likeness (QED) is 0.0489. The van der Waals surface area contributed by atoms with Crippen LogP contribution in [0.2, 0.25) is 5.15 Å². The van der Waals surface area contributed by atoms with E-state index in [1.54, 1.807) is 24.7 Å². The van der Waals surface area contributed by atoms with E-state index in [0.29, 0.717) is 144 Å². The predicted molar refractivity (Wildman–Crippen MR) is 329 cm³/mol. The van der Waals surface area contributed by atoms with E-state index < -0.39 is 48.3 Å². The summed E-state index contributed by atoms with van der Waals surface area (Å²) in [5.74, 6) is -1.55. The molecular formula is C54H66ClF9N24O3S2. The average molecular weight is 1370 g/mol. The van der Waals surface area contributed by atoms with Gasteiger partial charge in [-0.05, 0) is 90.1 Å².